The Bertz CT molecular complexity index is 943. The molecule has 8 heteroatoms. The summed E-state index contributed by atoms with van der Waals surface area (Å²) < 4.78 is 18.6. The Morgan fingerprint density at radius 2 is 1.94 bits per heavy atom. The quantitative estimate of drug-likeness (QED) is 0.226. The van der Waals surface area contributed by atoms with Crippen LogP contribution in [0.5, 0.6) is 0 Å². The lowest BCUT2D eigenvalue weighted by Gasteiger charge is -2.27. The van der Waals surface area contributed by atoms with E-state index in [1.165, 1.54) is 19.4 Å². The summed E-state index contributed by atoms with van der Waals surface area (Å²) in [6.07, 6.45) is 3.78. The predicted octanol–water partition coefficient (Wildman–Crippen LogP) is 5.62. The SMILES string of the molecule is C/C(=N\N=C(/C)c1ocnc1C)SCCCN1CC2CCN(c3ccc(F)cc3)C2C1.CC. The van der Waals surface area contributed by atoms with Crippen LogP contribution in [0.4, 0.5) is 10.1 Å². The molecule has 1 aromatic carbocycles. The zero-order chi connectivity index (χ0) is 23.8. The molecule has 0 spiro atoms. The van der Waals surface area contributed by atoms with Crippen molar-refractivity contribution in [2.45, 2.75) is 53.5 Å². The molecular formula is C25H36FN5OS. The molecule has 3 heterocycles. The standard InChI is InChI=1S/C23H30FN5OS.C2H6/c1-16-23(30-15-25-16)17(2)26-27-18(3)31-12-4-10-28-13-19-9-11-29(22(19)14-28)21-7-5-20(24)6-8-21;1-2/h5-8,15,19,22H,4,9-14H2,1-3H3;1-2H3/b26-17+,27-18+;. The summed E-state index contributed by atoms with van der Waals surface area (Å²) in [7, 11) is 0. The topological polar surface area (TPSA) is 57.2 Å². The monoisotopic (exact) mass is 473 g/mol. The molecule has 0 saturated carbocycles. The summed E-state index contributed by atoms with van der Waals surface area (Å²) in [4.78, 5) is 9.13. The number of hydrogen-bond acceptors (Lipinski definition) is 7. The first-order valence-corrected chi connectivity index (χ1v) is 12.9. The van der Waals surface area contributed by atoms with E-state index in [0.717, 1.165) is 59.9 Å². The van der Waals surface area contributed by atoms with Gasteiger partial charge < -0.3 is 14.2 Å². The molecule has 0 amide bonds. The van der Waals surface area contributed by atoms with Crippen LogP contribution < -0.4 is 4.90 Å². The maximum atomic E-state index is 13.3. The molecule has 1 aromatic heterocycles. The highest BCUT2D eigenvalue weighted by Crippen LogP contribution is 2.35. The molecular weight excluding hydrogens is 437 g/mol. The van der Waals surface area contributed by atoms with Crippen LogP contribution in [0.3, 0.4) is 0 Å². The highest BCUT2D eigenvalue weighted by atomic mass is 32.2. The number of anilines is 1. The van der Waals surface area contributed by atoms with Gasteiger partial charge in [0.05, 0.1) is 10.7 Å². The van der Waals surface area contributed by atoms with E-state index < -0.39 is 0 Å². The fraction of sp³-hybridized carbons (Fsp3) is 0.560. The van der Waals surface area contributed by atoms with Crippen LogP contribution in [-0.4, -0.2) is 58.6 Å². The van der Waals surface area contributed by atoms with Gasteiger partial charge in [-0.1, -0.05) is 13.8 Å². The highest BCUT2D eigenvalue weighted by Gasteiger charge is 2.40. The van der Waals surface area contributed by atoms with Crippen LogP contribution in [0.25, 0.3) is 0 Å². The second-order valence-corrected chi connectivity index (χ2v) is 9.61. The molecule has 4 rings (SSSR count). The number of thioether (sulfide) groups is 1. The maximum Gasteiger partial charge on any atom is 0.181 e. The summed E-state index contributed by atoms with van der Waals surface area (Å²) in [5.41, 5.74) is 2.72. The van der Waals surface area contributed by atoms with Gasteiger partial charge in [0.2, 0.25) is 0 Å². The molecule has 0 radical (unpaired) electrons. The third-order valence-corrected chi connectivity index (χ3v) is 7.12. The molecule has 33 heavy (non-hydrogen) atoms. The van der Waals surface area contributed by atoms with E-state index in [2.05, 4.69) is 25.0 Å². The molecule has 2 saturated heterocycles. The van der Waals surface area contributed by atoms with E-state index in [1.54, 1.807) is 23.9 Å². The Kier molecular flexibility index (Phi) is 9.50. The van der Waals surface area contributed by atoms with Gasteiger partial charge in [-0.05, 0) is 70.3 Å². The molecule has 2 unspecified atom stereocenters. The van der Waals surface area contributed by atoms with E-state index in [4.69, 9.17) is 4.42 Å². The molecule has 2 atom stereocenters. The zero-order valence-corrected chi connectivity index (χ0v) is 21.2. The lowest BCUT2D eigenvalue weighted by molar-refractivity contribution is 0.319. The van der Waals surface area contributed by atoms with E-state index in [9.17, 15) is 4.39 Å². The largest absolute Gasteiger partial charge is 0.442 e. The van der Waals surface area contributed by atoms with E-state index in [-0.39, 0.29) is 5.82 Å². The first kappa shape index (κ1) is 25.4. The maximum absolute atomic E-state index is 13.3. The van der Waals surface area contributed by atoms with Gasteiger partial charge in [-0.25, -0.2) is 9.37 Å². The summed E-state index contributed by atoms with van der Waals surface area (Å²) >= 11 is 1.75. The predicted molar refractivity (Wildman–Crippen MR) is 137 cm³/mol. The second-order valence-electron chi connectivity index (χ2n) is 8.32. The Morgan fingerprint density at radius 3 is 2.64 bits per heavy atom. The molecule has 6 nitrogen and oxygen atoms in total. The van der Waals surface area contributed by atoms with Gasteiger partial charge in [0.25, 0.3) is 0 Å². The summed E-state index contributed by atoms with van der Waals surface area (Å²) in [6.45, 7) is 14.2. The van der Waals surface area contributed by atoms with Crippen molar-refractivity contribution >= 4 is 28.2 Å². The molecule has 2 aliphatic heterocycles. The Labute approximate surface area is 201 Å². The van der Waals surface area contributed by atoms with Gasteiger partial charge in [0, 0.05) is 37.1 Å². The average Bonchev–Trinajstić information content (AvgIpc) is 3.53. The molecule has 0 N–H and O–H groups in total. The minimum absolute atomic E-state index is 0.169. The number of halogens is 1. The van der Waals surface area contributed by atoms with Crippen LogP contribution in [-0.2, 0) is 0 Å². The third kappa shape index (κ3) is 6.67. The van der Waals surface area contributed by atoms with Crippen LogP contribution in [0.2, 0.25) is 0 Å². The first-order chi connectivity index (χ1) is 16.0. The van der Waals surface area contributed by atoms with Crippen molar-refractivity contribution in [2.24, 2.45) is 16.1 Å². The number of hydrogen-bond donors (Lipinski definition) is 0. The van der Waals surface area contributed by atoms with Crippen molar-refractivity contribution in [1.29, 1.82) is 0 Å². The lowest BCUT2D eigenvalue weighted by Crippen LogP contribution is -2.35. The van der Waals surface area contributed by atoms with Gasteiger partial charge in [-0.2, -0.15) is 5.10 Å². The smallest absolute Gasteiger partial charge is 0.181 e. The van der Waals surface area contributed by atoms with Crippen molar-refractivity contribution in [3.8, 4) is 0 Å². The molecule has 180 valence electrons. The minimum Gasteiger partial charge on any atom is -0.442 e. The van der Waals surface area contributed by atoms with Gasteiger partial charge >= 0.3 is 0 Å². The van der Waals surface area contributed by atoms with Crippen molar-refractivity contribution in [3.63, 3.8) is 0 Å². The fourth-order valence-electron chi connectivity index (χ4n) is 4.56. The molecule has 2 aliphatic rings. The summed E-state index contributed by atoms with van der Waals surface area (Å²) in [5.74, 6) is 2.27. The van der Waals surface area contributed by atoms with Gasteiger partial charge in [0.1, 0.15) is 11.5 Å². The van der Waals surface area contributed by atoms with Crippen molar-refractivity contribution < 1.29 is 8.81 Å². The number of fused-ring (bicyclic) bond motifs is 1. The number of oxazole rings is 1. The molecule has 2 fully saturated rings. The highest BCUT2D eigenvalue weighted by molar-refractivity contribution is 8.13. The first-order valence-electron chi connectivity index (χ1n) is 11.9. The summed E-state index contributed by atoms with van der Waals surface area (Å²) in [5, 5.41) is 9.55. The Balaban J connectivity index is 0.00000149. The summed E-state index contributed by atoms with van der Waals surface area (Å²) in [6, 6.07) is 7.50. The number of likely N-dealkylation sites (tertiary alicyclic amines) is 1. The normalized spacial score (nSPS) is 21.2. The molecule has 0 bridgehead atoms. The average molecular weight is 474 g/mol. The third-order valence-electron chi connectivity index (χ3n) is 6.13. The van der Waals surface area contributed by atoms with Crippen LogP contribution >= 0.6 is 11.8 Å². The zero-order valence-electron chi connectivity index (χ0n) is 20.4. The Morgan fingerprint density at radius 1 is 1.18 bits per heavy atom. The molecule has 0 aliphatic carbocycles. The van der Waals surface area contributed by atoms with Crippen LogP contribution in [0, 0.1) is 18.7 Å². The van der Waals surface area contributed by atoms with Crippen molar-refractivity contribution in [3.05, 3.63) is 47.9 Å². The molecule has 2 aromatic rings. The second kappa shape index (κ2) is 12.3. The van der Waals surface area contributed by atoms with Crippen LogP contribution in [0.15, 0.2) is 45.3 Å². The van der Waals surface area contributed by atoms with Crippen molar-refractivity contribution in [2.75, 3.05) is 36.8 Å². The Hall–Kier alpha value is -2.19. The number of nitrogens with zero attached hydrogens (tertiary/aromatic N) is 5. The van der Waals surface area contributed by atoms with Crippen molar-refractivity contribution in [1.82, 2.24) is 9.88 Å². The van der Waals surface area contributed by atoms with Crippen LogP contribution in [0.1, 0.15) is 52.0 Å². The van der Waals surface area contributed by atoms with E-state index in [1.807, 2.05) is 46.8 Å². The van der Waals surface area contributed by atoms with Gasteiger partial charge in [-0.15, -0.1) is 16.9 Å². The number of aromatic nitrogens is 1. The van der Waals surface area contributed by atoms with E-state index >= 15 is 0 Å². The fourth-order valence-corrected chi connectivity index (χ4v) is 5.23. The van der Waals surface area contributed by atoms with Gasteiger partial charge in [-0.3, -0.25) is 0 Å². The van der Waals surface area contributed by atoms with E-state index in [0.29, 0.717) is 11.8 Å². The number of benzene rings is 1. The number of aryl methyl sites for hydroxylation is 1. The lowest BCUT2D eigenvalue weighted by atomic mass is 10.1. The minimum atomic E-state index is -0.169. The number of rotatable bonds is 7. The van der Waals surface area contributed by atoms with Gasteiger partial charge in [0.15, 0.2) is 12.2 Å².